The molecule has 0 fully saturated rings. The van der Waals surface area contributed by atoms with Gasteiger partial charge in [0.05, 0.1) is 0 Å². The van der Waals surface area contributed by atoms with E-state index in [0.717, 1.165) is 5.56 Å². The number of hydrogen-bond acceptors (Lipinski definition) is 4. The number of nitrogens with zero attached hydrogens (tertiary/aromatic N) is 2. The van der Waals surface area contributed by atoms with Gasteiger partial charge in [-0.05, 0) is 28.1 Å². The molecule has 1 atom stereocenters. The van der Waals surface area contributed by atoms with Gasteiger partial charge in [-0.1, -0.05) is 49.5 Å². The first-order chi connectivity index (χ1) is 7.98. The molecule has 0 saturated carbocycles. The zero-order chi connectivity index (χ0) is 12.5. The lowest BCUT2D eigenvalue weighted by Gasteiger charge is -2.19. The average Bonchev–Trinajstić information content (AvgIpc) is 2.80. The van der Waals surface area contributed by atoms with Crippen molar-refractivity contribution in [1.29, 1.82) is 0 Å². The highest BCUT2D eigenvalue weighted by Gasteiger charge is 2.16. The Hall–Kier alpha value is -1.26. The molecule has 90 valence electrons. The molecular weight excluding hydrogens is 232 g/mol. The van der Waals surface area contributed by atoms with E-state index in [-0.39, 0.29) is 5.41 Å². The summed E-state index contributed by atoms with van der Waals surface area (Å²) in [7, 11) is 0. The fourth-order valence-electron chi connectivity index (χ4n) is 1.63. The van der Waals surface area contributed by atoms with E-state index in [4.69, 9.17) is 0 Å². The molecule has 1 aromatic heterocycles. The number of rotatable bonds is 2. The van der Waals surface area contributed by atoms with Crippen molar-refractivity contribution >= 4 is 11.5 Å². The molecule has 0 aliphatic carbocycles. The van der Waals surface area contributed by atoms with Gasteiger partial charge in [0, 0.05) is 5.38 Å². The molecule has 0 aliphatic heterocycles. The van der Waals surface area contributed by atoms with Crippen LogP contribution in [0.25, 0.3) is 0 Å². The first-order valence-electron chi connectivity index (χ1n) is 5.54. The smallest absolute Gasteiger partial charge is 0.124 e. The van der Waals surface area contributed by atoms with Gasteiger partial charge in [-0.2, -0.15) is 0 Å². The first-order valence-corrected chi connectivity index (χ1v) is 6.37. The summed E-state index contributed by atoms with van der Waals surface area (Å²) in [6.07, 6.45) is -0.678. The maximum atomic E-state index is 10.1. The van der Waals surface area contributed by atoms with Crippen LogP contribution in [-0.2, 0) is 5.41 Å². The average molecular weight is 248 g/mol. The molecule has 1 unspecified atom stereocenters. The largest absolute Gasteiger partial charge is 0.382 e. The minimum atomic E-state index is -0.678. The van der Waals surface area contributed by atoms with Gasteiger partial charge in [-0.3, -0.25) is 0 Å². The van der Waals surface area contributed by atoms with Crippen molar-refractivity contribution in [1.82, 2.24) is 9.59 Å². The lowest BCUT2D eigenvalue weighted by molar-refractivity contribution is 0.215. The lowest BCUT2D eigenvalue weighted by Crippen LogP contribution is -2.11. The van der Waals surface area contributed by atoms with Gasteiger partial charge in [0.15, 0.2) is 0 Å². The van der Waals surface area contributed by atoms with E-state index < -0.39 is 6.10 Å². The van der Waals surface area contributed by atoms with E-state index in [2.05, 4.69) is 42.5 Å². The predicted molar refractivity (Wildman–Crippen MR) is 69.1 cm³/mol. The van der Waals surface area contributed by atoms with Crippen LogP contribution in [-0.4, -0.2) is 14.7 Å². The lowest BCUT2D eigenvalue weighted by atomic mass is 9.86. The molecule has 0 spiro atoms. The Morgan fingerprint density at radius 1 is 1.18 bits per heavy atom. The Morgan fingerprint density at radius 2 is 1.82 bits per heavy atom. The van der Waals surface area contributed by atoms with Gasteiger partial charge in [-0.15, -0.1) is 5.10 Å². The van der Waals surface area contributed by atoms with Gasteiger partial charge in [0.1, 0.15) is 11.8 Å². The maximum absolute atomic E-state index is 10.1. The van der Waals surface area contributed by atoms with Crippen LogP contribution < -0.4 is 0 Å². The van der Waals surface area contributed by atoms with E-state index in [1.807, 2.05) is 12.1 Å². The molecule has 0 aliphatic rings. The fourth-order valence-corrected chi connectivity index (χ4v) is 2.10. The summed E-state index contributed by atoms with van der Waals surface area (Å²) in [6, 6.07) is 8.01. The van der Waals surface area contributed by atoms with Gasteiger partial charge in [0.2, 0.25) is 0 Å². The molecule has 1 N–H and O–H groups in total. The Morgan fingerprint density at radius 3 is 2.29 bits per heavy atom. The van der Waals surface area contributed by atoms with Crippen molar-refractivity contribution < 1.29 is 5.11 Å². The Balaban J connectivity index is 2.24. The van der Waals surface area contributed by atoms with Crippen LogP contribution in [0.2, 0.25) is 0 Å². The monoisotopic (exact) mass is 248 g/mol. The predicted octanol–water partition coefficient (Wildman–Crippen LogP) is 2.92. The van der Waals surface area contributed by atoms with Gasteiger partial charge < -0.3 is 5.11 Å². The van der Waals surface area contributed by atoms with Gasteiger partial charge in [-0.25, -0.2) is 0 Å². The first kappa shape index (κ1) is 12.2. The third kappa shape index (κ3) is 2.70. The van der Waals surface area contributed by atoms with Crippen LogP contribution in [0.3, 0.4) is 0 Å². The summed E-state index contributed by atoms with van der Waals surface area (Å²) in [5, 5.41) is 15.7. The second-order valence-electron chi connectivity index (χ2n) is 5.10. The van der Waals surface area contributed by atoms with Crippen molar-refractivity contribution in [3.63, 3.8) is 0 Å². The highest BCUT2D eigenvalue weighted by Crippen LogP contribution is 2.26. The number of aliphatic hydroxyl groups is 1. The molecule has 1 aromatic carbocycles. The number of benzene rings is 1. The molecule has 17 heavy (non-hydrogen) atoms. The van der Waals surface area contributed by atoms with Crippen molar-refractivity contribution in [2.75, 3.05) is 0 Å². The highest BCUT2D eigenvalue weighted by atomic mass is 32.1. The molecule has 3 nitrogen and oxygen atoms in total. The number of hydrogen-bond donors (Lipinski definition) is 1. The summed E-state index contributed by atoms with van der Waals surface area (Å²) < 4.78 is 3.76. The Labute approximate surface area is 105 Å². The summed E-state index contributed by atoms with van der Waals surface area (Å²) >= 11 is 1.25. The van der Waals surface area contributed by atoms with Crippen molar-refractivity contribution in [2.24, 2.45) is 0 Å². The fraction of sp³-hybridized carbons (Fsp3) is 0.385. The normalized spacial score (nSPS) is 13.6. The van der Waals surface area contributed by atoms with Crippen LogP contribution in [0.1, 0.15) is 43.7 Å². The minimum Gasteiger partial charge on any atom is -0.382 e. The molecule has 0 amide bonds. The van der Waals surface area contributed by atoms with E-state index in [1.54, 1.807) is 5.38 Å². The summed E-state index contributed by atoms with van der Waals surface area (Å²) in [5.41, 5.74) is 2.85. The quantitative estimate of drug-likeness (QED) is 0.888. The Kier molecular flexibility index (Phi) is 3.26. The third-order valence-corrected chi connectivity index (χ3v) is 3.27. The molecule has 4 heteroatoms. The zero-order valence-electron chi connectivity index (χ0n) is 10.2. The van der Waals surface area contributed by atoms with E-state index in [0.29, 0.717) is 5.69 Å². The second kappa shape index (κ2) is 4.55. The highest BCUT2D eigenvalue weighted by molar-refractivity contribution is 7.03. The standard InChI is InChI=1S/C13H16N2OS/c1-13(2,3)10-6-4-9(5-7-10)12(16)11-8-17-15-14-11/h4-8,12,16H,1-3H3. The number of aliphatic hydroxyl groups excluding tert-OH is 1. The van der Waals surface area contributed by atoms with E-state index in [9.17, 15) is 5.11 Å². The van der Waals surface area contributed by atoms with Crippen LogP contribution in [0.4, 0.5) is 0 Å². The molecule has 0 radical (unpaired) electrons. The van der Waals surface area contributed by atoms with E-state index >= 15 is 0 Å². The third-order valence-electron chi connectivity index (χ3n) is 2.75. The van der Waals surface area contributed by atoms with Crippen LogP contribution in [0.5, 0.6) is 0 Å². The second-order valence-corrected chi connectivity index (χ2v) is 5.71. The maximum Gasteiger partial charge on any atom is 0.124 e. The van der Waals surface area contributed by atoms with Crippen LogP contribution in [0, 0.1) is 0 Å². The zero-order valence-corrected chi connectivity index (χ0v) is 11.0. The van der Waals surface area contributed by atoms with Crippen molar-refractivity contribution in [3.8, 4) is 0 Å². The number of aromatic nitrogens is 2. The molecule has 0 saturated heterocycles. The van der Waals surface area contributed by atoms with Crippen molar-refractivity contribution in [2.45, 2.75) is 32.3 Å². The molecule has 2 aromatic rings. The molecular formula is C13H16N2OS. The molecule has 1 heterocycles. The van der Waals surface area contributed by atoms with Crippen molar-refractivity contribution in [3.05, 3.63) is 46.5 Å². The summed E-state index contributed by atoms with van der Waals surface area (Å²) in [4.78, 5) is 0. The van der Waals surface area contributed by atoms with Gasteiger partial charge >= 0.3 is 0 Å². The SMILES string of the molecule is CC(C)(C)c1ccc(C(O)c2csnn2)cc1. The van der Waals surface area contributed by atoms with Crippen LogP contribution >= 0.6 is 11.5 Å². The Bertz CT molecular complexity index is 471. The molecule has 2 rings (SSSR count). The topological polar surface area (TPSA) is 46.0 Å². The van der Waals surface area contributed by atoms with Crippen LogP contribution in [0.15, 0.2) is 29.6 Å². The summed E-state index contributed by atoms with van der Waals surface area (Å²) in [6.45, 7) is 6.51. The van der Waals surface area contributed by atoms with E-state index in [1.165, 1.54) is 17.1 Å². The van der Waals surface area contributed by atoms with Gasteiger partial charge in [0.25, 0.3) is 0 Å². The molecule has 0 bridgehead atoms. The summed E-state index contributed by atoms with van der Waals surface area (Å²) in [5.74, 6) is 0. The minimum absolute atomic E-state index is 0.131.